The monoisotopic (exact) mass is 357 g/mol. The Morgan fingerprint density at radius 1 is 1.16 bits per heavy atom. The highest BCUT2D eigenvalue weighted by Crippen LogP contribution is 2.31. The van der Waals surface area contributed by atoms with Crippen molar-refractivity contribution in [1.29, 1.82) is 0 Å². The number of hydrogen-bond donors (Lipinski definition) is 0. The van der Waals surface area contributed by atoms with Crippen LogP contribution < -0.4 is 9.47 Å². The molecule has 1 aliphatic heterocycles. The molecule has 0 bridgehead atoms. The summed E-state index contributed by atoms with van der Waals surface area (Å²) < 4.78 is 10.5. The second kappa shape index (κ2) is 8.21. The number of rotatable bonds is 5. The van der Waals surface area contributed by atoms with Gasteiger partial charge in [-0.1, -0.05) is 12.1 Å². The number of carbonyl (C=O) groups excluding carboxylic acids is 1. The Bertz CT molecular complexity index is 731. The van der Waals surface area contributed by atoms with Crippen LogP contribution in [0.4, 0.5) is 0 Å². The molecule has 0 radical (unpaired) electrons. The van der Waals surface area contributed by atoms with E-state index in [2.05, 4.69) is 17.5 Å². The van der Waals surface area contributed by atoms with Crippen LogP contribution in [0.1, 0.15) is 29.2 Å². The molecule has 0 atom stereocenters. The lowest BCUT2D eigenvalue weighted by atomic mass is 9.95. The zero-order chi connectivity index (χ0) is 17.6. The van der Waals surface area contributed by atoms with E-state index < -0.39 is 0 Å². The molecule has 2 heterocycles. The highest BCUT2D eigenvalue weighted by Gasteiger charge is 2.23. The maximum absolute atomic E-state index is 12.4. The van der Waals surface area contributed by atoms with Gasteiger partial charge in [0.2, 0.25) is 5.91 Å². The zero-order valence-electron chi connectivity index (χ0n) is 14.6. The Hall–Kier alpha value is -2.27. The van der Waals surface area contributed by atoms with E-state index in [0.29, 0.717) is 17.4 Å². The summed E-state index contributed by atoms with van der Waals surface area (Å²) >= 11 is 1.81. The van der Waals surface area contributed by atoms with Gasteiger partial charge in [0.25, 0.3) is 0 Å². The van der Waals surface area contributed by atoms with Gasteiger partial charge in [-0.2, -0.15) is 0 Å². The van der Waals surface area contributed by atoms with Crippen LogP contribution in [-0.4, -0.2) is 38.1 Å². The van der Waals surface area contributed by atoms with E-state index in [4.69, 9.17) is 9.47 Å². The van der Waals surface area contributed by atoms with Gasteiger partial charge in [-0.05, 0) is 54.0 Å². The predicted octanol–water partition coefficient (Wildman–Crippen LogP) is 4.18. The van der Waals surface area contributed by atoms with E-state index >= 15 is 0 Å². The van der Waals surface area contributed by atoms with Crippen LogP contribution in [0.5, 0.6) is 11.5 Å². The van der Waals surface area contributed by atoms with Crippen LogP contribution >= 0.6 is 11.3 Å². The Kier molecular flexibility index (Phi) is 5.76. The number of hydrogen-bond acceptors (Lipinski definition) is 4. The summed E-state index contributed by atoms with van der Waals surface area (Å²) in [6.07, 6.45) is 5.55. The fourth-order valence-electron chi connectivity index (χ4n) is 3.14. The van der Waals surface area contributed by atoms with Crippen LogP contribution in [0.3, 0.4) is 0 Å². The SMILES string of the molecule is COc1ccc(/C=C/C(=O)N2CCC(c3cccs3)CC2)cc1OC. The first-order valence-corrected chi connectivity index (χ1v) is 9.31. The number of benzene rings is 1. The normalized spacial score (nSPS) is 15.5. The largest absolute Gasteiger partial charge is 0.493 e. The third kappa shape index (κ3) is 4.23. The molecule has 2 aromatic rings. The lowest BCUT2D eigenvalue weighted by molar-refractivity contribution is -0.126. The maximum atomic E-state index is 12.4. The molecule has 4 nitrogen and oxygen atoms in total. The fraction of sp³-hybridized carbons (Fsp3) is 0.350. The number of nitrogens with zero attached hydrogens (tertiary/aromatic N) is 1. The van der Waals surface area contributed by atoms with Crippen molar-refractivity contribution in [3.05, 3.63) is 52.2 Å². The van der Waals surface area contributed by atoms with Gasteiger partial charge in [0.1, 0.15) is 0 Å². The number of thiophene rings is 1. The van der Waals surface area contributed by atoms with E-state index in [1.54, 1.807) is 20.3 Å². The molecule has 0 unspecified atom stereocenters. The lowest BCUT2D eigenvalue weighted by Crippen LogP contribution is -2.36. The molecule has 0 N–H and O–H groups in total. The third-order valence-electron chi connectivity index (χ3n) is 4.58. The second-order valence-electron chi connectivity index (χ2n) is 6.06. The molecule has 1 aromatic carbocycles. The molecule has 5 heteroatoms. The van der Waals surface area contributed by atoms with E-state index in [-0.39, 0.29) is 5.91 Å². The maximum Gasteiger partial charge on any atom is 0.246 e. The summed E-state index contributed by atoms with van der Waals surface area (Å²) in [5.74, 6) is 2.01. The zero-order valence-corrected chi connectivity index (χ0v) is 15.4. The summed E-state index contributed by atoms with van der Waals surface area (Å²) in [5.41, 5.74) is 0.916. The quantitative estimate of drug-likeness (QED) is 0.754. The molecular formula is C20H23NO3S. The van der Waals surface area contributed by atoms with Crippen LogP contribution in [0.15, 0.2) is 41.8 Å². The van der Waals surface area contributed by atoms with Crippen molar-refractivity contribution in [2.75, 3.05) is 27.3 Å². The topological polar surface area (TPSA) is 38.8 Å². The lowest BCUT2D eigenvalue weighted by Gasteiger charge is -2.30. The number of ether oxygens (including phenoxy) is 2. The predicted molar refractivity (Wildman–Crippen MR) is 101 cm³/mol. The van der Waals surface area contributed by atoms with Gasteiger partial charge < -0.3 is 14.4 Å². The first-order chi connectivity index (χ1) is 12.2. The van der Waals surface area contributed by atoms with Crippen molar-refractivity contribution in [2.45, 2.75) is 18.8 Å². The minimum atomic E-state index is 0.0689. The first kappa shape index (κ1) is 17.5. The molecule has 25 heavy (non-hydrogen) atoms. The van der Waals surface area contributed by atoms with E-state index in [9.17, 15) is 4.79 Å². The van der Waals surface area contributed by atoms with E-state index in [1.165, 1.54) is 4.88 Å². The van der Waals surface area contributed by atoms with Crippen molar-refractivity contribution in [3.63, 3.8) is 0 Å². The van der Waals surface area contributed by atoms with Gasteiger partial charge in [-0.25, -0.2) is 0 Å². The van der Waals surface area contributed by atoms with E-state index in [0.717, 1.165) is 31.5 Å². The number of amides is 1. The number of carbonyl (C=O) groups is 1. The van der Waals surface area contributed by atoms with Crippen LogP contribution in [0.2, 0.25) is 0 Å². The minimum Gasteiger partial charge on any atom is -0.493 e. The highest BCUT2D eigenvalue weighted by molar-refractivity contribution is 7.10. The average Bonchev–Trinajstić information content (AvgIpc) is 3.20. The molecule has 0 spiro atoms. The molecule has 1 saturated heterocycles. The van der Waals surface area contributed by atoms with Crippen LogP contribution in [-0.2, 0) is 4.79 Å². The Labute approximate surface area is 152 Å². The van der Waals surface area contributed by atoms with Gasteiger partial charge in [-0.3, -0.25) is 4.79 Å². The number of methoxy groups -OCH3 is 2. The van der Waals surface area contributed by atoms with Crippen molar-refractivity contribution in [3.8, 4) is 11.5 Å². The van der Waals surface area contributed by atoms with Gasteiger partial charge in [0, 0.05) is 24.0 Å². The van der Waals surface area contributed by atoms with Crippen molar-refractivity contribution in [2.24, 2.45) is 0 Å². The summed E-state index contributed by atoms with van der Waals surface area (Å²) in [6.45, 7) is 1.63. The fourth-order valence-corrected chi connectivity index (χ4v) is 4.04. The van der Waals surface area contributed by atoms with E-state index in [1.807, 2.05) is 40.5 Å². The summed E-state index contributed by atoms with van der Waals surface area (Å²) in [6, 6.07) is 9.92. The van der Waals surface area contributed by atoms with Crippen molar-refractivity contribution in [1.82, 2.24) is 4.90 Å². The molecule has 1 amide bonds. The Morgan fingerprint density at radius 2 is 1.92 bits per heavy atom. The van der Waals surface area contributed by atoms with Gasteiger partial charge in [0.15, 0.2) is 11.5 Å². The standard InChI is InChI=1S/C20H23NO3S/c1-23-17-7-5-15(14-18(17)24-2)6-8-20(22)21-11-9-16(10-12-21)19-4-3-13-25-19/h3-8,13-14,16H,9-12H2,1-2H3/b8-6+. The minimum absolute atomic E-state index is 0.0689. The molecule has 3 rings (SSSR count). The number of piperidine rings is 1. The molecule has 1 fully saturated rings. The molecule has 1 aliphatic rings. The molecule has 0 saturated carbocycles. The smallest absolute Gasteiger partial charge is 0.246 e. The number of likely N-dealkylation sites (tertiary alicyclic amines) is 1. The molecule has 132 valence electrons. The van der Waals surface area contributed by atoms with Gasteiger partial charge in [-0.15, -0.1) is 11.3 Å². The Balaban J connectivity index is 1.58. The van der Waals surface area contributed by atoms with Gasteiger partial charge in [0.05, 0.1) is 14.2 Å². The van der Waals surface area contributed by atoms with Crippen LogP contribution in [0, 0.1) is 0 Å². The van der Waals surface area contributed by atoms with Crippen molar-refractivity contribution >= 4 is 23.3 Å². The first-order valence-electron chi connectivity index (χ1n) is 8.43. The molecule has 0 aliphatic carbocycles. The summed E-state index contributed by atoms with van der Waals surface area (Å²) in [7, 11) is 3.21. The Morgan fingerprint density at radius 3 is 2.56 bits per heavy atom. The highest BCUT2D eigenvalue weighted by atomic mass is 32.1. The van der Waals surface area contributed by atoms with Crippen molar-refractivity contribution < 1.29 is 14.3 Å². The molecular weight excluding hydrogens is 334 g/mol. The third-order valence-corrected chi connectivity index (χ3v) is 5.61. The molecule has 1 aromatic heterocycles. The average molecular weight is 357 g/mol. The van der Waals surface area contributed by atoms with Gasteiger partial charge >= 0.3 is 0 Å². The summed E-state index contributed by atoms with van der Waals surface area (Å²) in [4.78, 5) is 15.8. The van der Waals surface area contributed by atoms with Crippen LogP contribution in [0.25, 0.3) is 6.08 Å². The summed E-state index contributed by atoms with van der Waals surface area (Å²) in [5, 5.41) is 2.12. The second-order valence-corrected chi connectivity index (χ2v) is 7.04.